The van der Waals surface area contributed by atoms with Crippen LogP contribution in [0.25, 0.3) is 11.1 Å². The molecule has 2 aliphatic rings. The van der Waals surface area contributed by atoms with Gasteiger partial charge in [0.15, 0.2) is 18.3 Å². The Kier molecular flexibility index (Phi) is 13.7. The summed E-state index contributed by atoms with van der Waals surface area (Å²) in [6, 6.07) is 21.6. The van der Waals surface area contributed by atoms with Gasteiger partial charge in [-0.15, -0.1) is 5.11 Å². The molecule has 1 fully saturated rings. The number of Topliss-reactive ketones (excluding diaryl/α,β-unsaturated/α-hetero) is 2. The number of anilines is 1. The van der Waals surface area contributed by atoms with Gasteiger partial charge in [0, 0.05) is 54.6 Å². The lowest BCUT2D eigenvalue weighted by molar-refractivity contribution is -0.129. The summed E-state index contributed by atoms with van der Waals surface area (Å²) in [5, 5.41) is 11.0. The van der Waals surface area contributed by atoms with Gasteiger partial charge in [0.2, 0.25) is 5.91 Å². The van der Waals surface area contributed by atoms with Crippen LogP contribution in [-0.4, -0.2) is 87.6 Å². The molecule has 0 bridgehead atoms. The Hall–Kier alpha value is -4.38. The number of carbonyl (C=O) groups is 3. The monoisotopic (exact) mass is 705 g/mol. The van der Waals surface area contributed by atoms with Crippen LogP contribution in [0.4, 0.5) is 5.69 Å². The summed E-state index contributed by atoms with van der Waals surface area (Å²) in [6.07, 6.45) is 4.74. The van der Waals surface area contributed by atoms with Crippen molar-refractivity contribution in [3.63, 3.8) is 0 Å². The van der Waals surface area contributed by atoms with E-state index in [9.17, 15) is 14.4 Å². The van der Waals surface area contributed by atoms with Crippen molar-refractivity contribution >= 4 is 29.0 Å². The molecule has 1 atom stereocenters. The third-order valence-electron chi connectivity index (χ3n) is 10.3. The molecule has 0 saturated heterocycles. The van der Waals surface area contributed by atoms with Crippen LogP contribution in [0.2, 0.25) is 0 Å². The molecule has 1 aliphatic carbocycles. The average molecular weight is 706 g/mol. The highest BCUT2D eigenvalue weighted by Crippen LogP contribution is 2.32. The number of aryl methyl sites for hydroxylation is 1. The van der Waals surface area contributed by atoms with Crippen molar-refractivity contribution in [2.45, 2.75) is 51.9 Å². The van der Waals surface area contributed by atoms with Gasteiger partial charge < -0.3 is 20.9 Å². The normalized spacial score (nSPS) is 17.8. The van der Waals surface area contributed by atoms with Gasteiger partial charge in [0.05, 0.1) is 0 Å². The Morgan fingerprint density at radius 2 is 1.50 bits per heavy atom. The SMILES string of the molecule is Cc1cc(C(=O)CC(CN(C)C)CN(C)C)ccc1-c1ccc(C[C@H](CC(=O)C2CCC(CN)CC2)C(=O)Nc2ccc(C3=NCN=N3)cc2)cc1. The van der Waals surface area contributed by atoms with Gasteiger partial charge in [0.25, 0.3) is 0 Å². The number of hydrogen-bond donors (Lipinski definition) is 2. The van der Waals surface area contributed by atoms with Crippen LogP contribution in [0.3, 0.4) is 0 Å². The van der Waals surface area contributed by atoms with Gasteiger partial charge in [-0.25, -0.2) is 4.99 Å². The predicted molar refractivity (Wildman–Crippen MR) is 209 cm³/mol. The number of ketones is 2. The summed E-state index contributed by atoms with van der Waals surface area (Å²) < 4.78 is 0. The van der Waals surface area contributed by atoms with E-state index in [2.05, 4.69) is 42.5 Å². The number of rotatable bonds is 17. The third-order valence-corrected chi connectivity index (χ3v) is 10.3. The van der Waals surface area contributed by atoms with Crippen molar-refractivity contribution in [3.05, 3.63) is 89.0 Å². The number of nitrogens with two attached hydrogens (primary N) is 1. The Bertz CT molecular complexity index is 1730. The van der Waals surface area contributed by atoms with Gasteiger partial charge >= 0.3 is 0 Å². The number of amides is 1. The topological polar surface area (TPSA) is 133 Å². The van der Waals surface area contributed by atoms with Crippen LogP contribution >= 0.6 is 0 Å². The van der Waals surface area contributed by atoms with Gasteiger partial charge in [-0.2, -0.15) is 5.11 Å². The van der Waals surface area contributed by atoms with Crippen LogP contribution in [-0.2, 0) is 16.0 Å². The zero-order valence-electron chi connectivity index (χ0n) is 31.5. The van der Waals surface area contributed by atoms with Crippen molar-refractivity contribution in [2.75, 3.05) is 59.8 Å². The van der Waals surface area contributed by atoms with Crippen LogP contribution in [0.5, 0.6) is 0 Å². The minimum absolute atomic E-state index is 0.0224. The number of azo groups is 1. The minimum Gasteiger partial charge on any atom is -0.330 e. The molecule has 276 valence electrons. The molecule has 1 saturated carbocycles. The zero-order chi connectivity index (χ0) is 37.2. The molecule has 0 radical (unpaired) electrons. The quantitative estimate of drug-likeness (QED) is 0.151. The summed E-state index contributed by atoms with van der Waals surface area (Å²) >= 11 is 0. The van der Waals surface area contributed by atoms with Crippen LogP contribution in [0.15, 0.2) is 82.0 Å². The molecule has 3 N–H and O–H groups in total. The lowest BCUT2D eigenvalue weighted by Crippen LogP contribution is -2.32. The molecule has 52 heavy (non-hydrogen) atoms. The molecule has 5 rings (SSSR count). The molecule has 1 heterocycles. The van der Waals surface area contributed by atoms with Crippen molar-refractivity contribution in [2.24, 2.45) is 44.6 Å². The van der Waals surface area contributed by atoms with Gasteiger partial charge in [0.1, 0.15) is 5.78 Å². The summed E-state index contributed by atoms with van der Waals surface area (Å²) in [6.45, 7) is 4.75. The first-order valence-electron chi connectivity index (χ1n) is 18.6. The van der Waals surface area contributed by atoms with Gasteiger partial charge in [-0.1, -0.05) is 36.4 Å². The summed E-state index contributed by atoms with van der Waals surface area (Å²) in [5.74, 6) is 0.923. The molecule has 0 unspecified atom stereocenters. The fraction of sp³-hybridized carbons (Fsp3) is 0.476. The van der Waals surface area contributed by atoms with Crippen molar-refractivity contribution in [1.29, 1.82) is 0 Å². The van der Waals surface area contributed by atoms with Crippen molar-refractivity contribution in [3.8, 4) is 11.1 Å². The van der Waals surface area contributed by atoms with Crippen LogP contribution in [0, 0.1) is 30.6 Å². The first-order valence-corrected chi connectivity index (χ1v) is 18.6. The predicted octanol–water partition coefficient (Wildman–Crippen LogP) is 6.67. The van der Waals surface area contributed by atoms with E-state index in [1.807, 2.05) is 89.7 Å². The first-order chi connectivity index (χ1) is 25.0. The highest BCUT2D eigenvalue weighted by Gasteiger charge is 2.30. The Balaban J connectivity index is 1.28. The standard InChI is InChI=1S/C42H55N7O3/c1-28-20-35(39(50)22-31(25-48(2)3)26-49(4)5)16-19-38(28)32-10-6-29(7-11-32)21-36(23-40(51)33-12-8-30(24-43)9-13-33)42(52)46-37-17-14-34(15-18-37)41-44-27-45-47-41/h6-7,10-11,14-20,30-31,33,36H,8-9,12-13,21-27,43H2,1-5H3,(H,46,52)/t30?,33?,36-/m1/s1. The average Bonchev–Trinajstić information content (AvgIpc) is 3.67. The van der Waals surface area contributed by atoms with E-state index in [0.717, 1.165) is 72.2 Å². The maximum atomic E-state index is 13.8. The Morgan fingerprint density at radius 1 is 0.846 bits per heavy atom. The lowest BCUT2D eigenvalue weighted by Gasteiger charge is -2.27. The van der Waals surface area contributed by atoms with Crippen LogP contribution < -0.4 is 11.1 Å². The van der Waals surface area contributed by atoms with Crippen LogP contribution in [0.1, 0.15) is 65.6 Å². The number of hydrogen-bond acceptors (Lipinski definition) is 9. The Labute approximate surface area is 309 Å². The molecule has 1 amide bonds. The highest BCUT2D eigenvalue weighted by molar-refractivity contribution is 6.01. The summed E-state index contributed by atoms with van der Waals surface area (Å²) in [5.41, 5.74) is 12.3. The molecule has 0 spiro atoms. The minimum atomic E-state index is -0.519. The maximum absolute atomic E-state index is 13.8. The molecule has 3 aromatic rings. The molecule has 10 heteroatoms. The second kappa shape index (κ2) is 18.4. The third kappa shape index (κ3) is 10.8. The first kappa shape index (κ1) is 38.8. The molecular formula is C42H55N7O3. The van der Waals surface area contributed by atoms with E-state index in [1.54, 1.807) is 0 Å². The van der Waals surface area contributed by atoms with E-state index in [1.165, 1.54) is 0 Å². The second-order valence-corrected chi connectivity index (χ2v) is 15.2. The van der Waals surface area contributed by atoms with E-state index >= 15 is 0 Å². The largest absolute Gasteiger partial charge is 0.330 e. The van der Waals surface area contributed by atoms with Gasteiger partial charge in [-0.05, 0) is 138 Å². The highest BCUT2D eigenvalue weighted by atomic mass is 16.2. The van der Waals surface area contributed by atoms with E-state index in [4.69, 9.17) is 5.73 Å². The number of nitrogens with one attached hydrogen (secondary N) is 1. The molecular weight excluding hydrogens is 651 g/mol. The number of carbonyl (C=O) groups excluding carboxylic acids is 3. The van der Waals surface area contributed by atoms with E-state index in [-0.39, 0.29) is 35.7 Å². The fourth-order valence-electron chi connectivity index (χ4n) is 7.58. The van der Waals surface area contributed by atoms with Crippen molar-refractivity contribution < 1.29 is 14.4 Å². The van der Waals surface area contributed by atoms with Gasteiger partial charge in [-0.3, -0.25) is 14.4 Å². The molecule has 0 aromatic heterocycles. The fourth-order valence-corrected chi connectivity index (χ4v) is 7.58. The Morgan fingerprint density at radius 3 is 2.08 bits per heavy atom. The number of benzene rings is 3. The number of nitrogens with zero attached hydrogens (tertiary/aromatic N) is 5. The summed E-state index contributed by atoms with van der Waals surface area (Å²) in [7, 11) is 8.18. The lowest BCUT2D eigenvalue weighted by atomic mass is 9.77. The summed E-state index contributed by atoms with van der Waals surface area (Å²) in [4.78, 5) is 49.2. The second-order valence-electron chi connectivity index (χ2n) is 15.2. The molecule has 3 aromatic carbocycles. The maximum Gasteiger partial charge on any atom is 0.228 e. The van der Waals surface area contributed by atoms with Crippen molar-refractivity contribution in [1.82, 2.24) is 9.80 Å². The zero-order valence-corrected chi connectivity index (χ0v) is 31.5. The molecule has 10 nitrogen and oxygen atoms in total. The van der Waals surface area contributed by atoms with E-state index in [0.29, 0.717) is 43.5 Å². The van der Waals surface area contributed by atoms with E-state index < -0.39 is 5.92 Å². The molecule has 1 aliphatic heterocycles. The number of amidine groups is 1. The number of aliphatic imine (C=N–C) groups is 1. The smallest absolute Gasteiger partial charge is 0.228 e.